The summed E-state index contributed by atoms with van der Waals surface area (Å²) in [6.07, 6.45) is 3.10. The number of hydrogen-bond donors (Lipinski definition) is 2. The number of carbonyl (C=O) groups is 3. The van der Waals surface area contributed by atoms with Crippen molar-refractivity contribution in [2.24, 2.45) is 0 Å². The van der Waals surface area contributed by atoms with Gasteiger partial charge >= 0.3 is 6.09 Å². The van der Waals surface area contributed by atoms with Crippen LogP contribution < -0.4 is 10.6 Å². The molecule has 6 nitrogen and oxygen atoms in total. The highest BCUT2D eigenvalue weighted by Gasteiger charge is 2.29. The molecule has 1 heterocycles. The molecule has 1 aliphatic heterocycles. The Balaban J connectivity index is 1.16. The first-order valence-electron chi connectivity index (χ1n) is 10.4. The summed E-state index contributed by atoms with van der Waals surface area (Å²) in [5.74, 6) is -1.11. The average molecular weight is 424 g/mol. The Morgan fingerprint density at radius 1 is 0.938 bits per heavy atom. The van der Waals surface area contributed by atoms with Gasteiger partial charge in [-0.15, -0.1) is 0 Å². The van der Waals surface area contributed by atoms with Crippen LogP contribution >= 0.6 is 0 Å². The highest BCUT2D eigenvalue weighted by molar-refractivity contribution is 6.51. The van der Waals surface area contributed by atoms with Gasteiger partial charge in [0.1, 0.15) is 6.61 Å². The molecule has 0 atom stereocenters. The third-order valence-electron chi connectivity index (χ3n) is 5.76. The van der Waals surface area contributed by atoms with Gasteiger partial charge in [0.2, 0.25) is 0 Å². The van der Waals surface area contributed by atoms with E-state index in [0.717, 1.165) is 5.56 Å². The largest absolute Gasteiger partial charge is 0.449 e. The zero-order valence-electron chi connectivity index (χ0n) is 17.1. The molecule has 2 aliphatic rings. The van der Waals surface area contributed by atoms with E-state index < -0.39 is 17.8 Å². The van der Waals surface area contributed by atoms with Gasteiger partial charge in [0.15, 0.2) is 0 Å². The van der Waals surface area contributed by atoms with Crippen LogP contribution in [0.1, 0.15) is 33.0 Å². The first kappa shape index (κ1) is 19.8. The molecule has 0 bridgehead atoms. The monoisotopic (exact) mass is 424 g/mol. The minimum atomic E-state index is -0.613. The fraction of sp³-hybridized carbons (Fsp3) is 0.115. The second-order valence-electron chi connectivity index (χ2n) is 7.70. The van der Waals surface area contributed by atoms with E-state index in [1.54, 1.807) is 30.4 Å². The van der Waals surface area contributed by atoms with Gasteiger partial charge in [-0.2, -0.15) is 0 Å². The third kappa shape index (κ3) is 3.56. The number of Topliss-reactive ketones (excluding diaryl/α,β-unsaturated/α-hetero) is 1. The lowest BCUT2D eigenvalue weighted by Gasteiger charge is -2.14. The van der Waals surface area contributed by atoms with Gasteiger partial charge in [-0.3, -0.25) is 9.59 Å². The van der Waals surface area contributed by atoms with Crippen molar-refractivity contribution in [3.05, 3.63) is 95.1 Å². The summed E-state index contributed by atoms with van der Waals surface area (Å²) >= 11 is 0. The molecule has 2 N–H and O–H groups in total. The number of alkyl carbamates (subject to hydrolysis) is 1. The van der Waals surface area contributed by atoms with Crippen molar-refractivity contribution in [1.82, 2.24) is 5.32 Å². The summed E-state index contributed by atoms with van der Waals surface area (Å²) in [7, 11) is 0. The summed E-state index contributed by atoms with van der Waals surface area (Å²) in [4.78, 5) is 35.3. The number of rotatable bonds is 5. The highest BCUT2D eigenvalue weighted by Crippen LogP contribution is 2.44. The average Bonchev–Trinajstić information content (AvgIpc) is 3.29. The number of hydrogen-bond acceptors (Lipinski definition) is 4. The quantitative estimate of drug-likeness (QED) is 0.596. The van der Waals surface area contributed by atoms with E-state index in [9.17, 15) is 14.4 Å². The van der Waals surface area contributed by atoms with Crippen LogP contribution in [0, 0.1) is 0 Å². The first-order valence-corrected chi connectivity index (χ1v) is 10.4. The van der Waals surface area contributed by atoms with Gasteiger partial charge in [-0.1, -0.05) is 66.7 Å². The molecule has 1 aliphatic carbocycles. The SMILES string of the molecule is O=C(NCC=Cc1ccc2c(c1)NC(=O)C2=O)OCC1c2ccccc2-c2ccccc21. The van der Waals surface area contributed by atoms with Gasteiger partial charge < -0.3 is 15.4 Å². The molecule has 0 radical (unpaired) electrons. The predicted octanol–water partition coefficient (Wildman–Crippen LogP) is 4.37. The lowest BCUT2D eigenvalue weighted by molar-refractivity contribution is -0.112. The van der Waals surface area contributed by atoms with E-state index in [0.29, 0.717) is 17.8 Å². The molecular weight excluding hydrogens is 404 g/mol. The van der Waals surface area contributed by atoms with Gasteiger partial charge in [0, 0.05) is 12.5 Å². The van der Waals surface area contributed by atoms with Crippen molar-refractivity contribution in [2.45, 2.75) is 5.92 Å². The molecule has 3 aromatic rings. The van der Waals surface area contributed by atoms with E-state index in [1.165, 1.54) is 22.3 Å². The van der Waals surface area contributed by atoms with Crippen molar-refractivity contribution in [1.29, 1.82) is 0 Å². The van der Waals surface area contributed by atoms with Crippen LogP contribution in [-0.2, 0) is 9.53 Å². The van der Waals surface area contributed by atoms with E-state index in [2.05, 4.69) is 34.9 Å². The second-order valence-corrected chi connectivity index (χ2v) is 7.70. The molecule has 0 saturated carbocycles. The maximum Gasteiger partial charge on any atom is 0.407 e. The van der Waals surface area contributed by atoms with Gasteiger partial charge in [0.05, 0.1) is 11.3 Å². The zero-order chi connectivity index (χ0) is 22.1. The molecule has 0 unspecified atom stereocenters. The standard InChI is InChI=1S/C26H20N2O4/c29-24-21-12-11-16(14-23(21)28-25(24)30)6-5-13-27-26(31)32-15-22-19-9-3-1-7-17(19)18-8-2-4-10-20(18)22/h1-12,14,22H,13,15H2,(H,27,31)(H,28,29,30). The maximum absolute atomic E-state index is 12.2. The molecule has 158 valence electrons. The lowest BCUT2D eigenvalue weighted by atomic mass is 9.98. The summed E-state index contributed by atoms with van der Waals surface area (Å²) in [5, 5.41) is 5.26. The van der Waals surface area contributed by atoms with E-state index in [-0.39, 0.29) is 12.5 Å². The number of ether oxygens (including phenoxy) is 1. The number of ketones is 1. The van der Waals surface area contributed by atoms with E-state index >= 15 is 0 Å². The summed E-state index contributed by atoms with van der Waals surface area (Å²) in [6, 6.07) is 21.5. The fourth-order valence-electron chi connectivity index (χ4n) is 4.26. The topological polar surface area (TPSA) is 84.5 Å². The predicted molar refractivity (Wildman–Crippen MR) is 122 cm³/mol. The van der Waals surface area contributed by atoms with E-state index in [4.69, 9.17) is 4.74 Å². The Morgan fingerprint density at radius 3 is 2.34 bits per heavy atom. The molecule has 0 aromatic heterocycles. The number of anilines is 1. The zero-order valence-corrected chi connectivity index (χ0v) is 17.1. The number of carbonyl (C=O) groups excluding carboxylic acids is 3. The number of fused-ring (bicyclic) bond motifs is 4. The Hall–Kier alpha value is -4.19. The van der Waals surface area contributed by atoms with Crippen molar-refractivity contribution >= 4 is 29.5 Å². The van der Waals surface area contributed by atoms with Crippen LogP contribution in [0.5, 0.6) is 0 Å². The molecule has 5 rings (SSSR count). The first-order chi connectivity index (χ1) is 15.6. The van der Waals surface area contributed by atoms with Crippen molar-refractivity contribution in [3.8, 4) is 11.1 Å². The number of nitrogens with one attached hydrogen (secondary N) is 2. The molecule has 6 heteroatoms. The highest BCUT2D eigenvalue weighted by atomic mass is 16.5. The molecule has 0 fully saturated rings. The van der Waals surface area contributed by atoms with Gasteiger partial charge in [0.25, 0.3) is 11.7 Å². The Bertz CT molecular complexity index is 1230. The summed E-state index contributed by atoms with van der Waals surface area (Å²) < 4.78 is 5.51. The maximum atomic E-state index is 12.2. The minimum Gasteiger partial charge on any atom is -0.449 e. The van der Waals surface area contributed by atoms with Crippen molar-refractivity contribution in [2.75, 3.05) is 18.5 Å². The molecule has 2 amide bonds. The number of amides is 2. The Kier molecular flexibility index (Phi) is 5.03. The molecule has 0 spiro atoms. The summed E-state index contributed by atoms with van der Waals surface area (Å²) in [5.41, 5.74) is 6.41. The Morgan fingerprint density at radius 2 is 1.62 bits per heavy atom. The van der Waals surface area contributed by atoms with Crippen molar-refractivity contribution < 1.29 is 19.1 Å². The molecular formula is C26H20N2O4. The fourth-order valence-corrected chi connectivity index (χ4v) is 4.26. The van der Waals surface area contributed by atoms with Crippen LogP contribution in [0.25, 0.3) is 17.2 Å². The van der Waals surface area contributed by atoms with Gasteiger partial charge in [-0.25, -0.2) is 4.79 Å². The molecule has 3 aromatic carbocycles. The van der Waals surface area contributed by atoms with Crippen LogP contribution in [0.15, 0.2) is 72.8 Å². The van der Waals surface area contributed by atoms with Gasteiger partial charge in [-0.05, 0) is 39.9 Å². The van der Waals surface area contributed by atoms with E-state index in [1.807, 2.05) is 24.3 Å². The second kappa shape index (κ2) is 8.15. The summed E-state index contributed by atoms with van der Waals surface area (Å²) in [6.45, 7) is 0.557. The van der Waals surface area contributed by atoms with Crippen LogP contribution in [0.4, 0.5) is 10.5 Å². The molecule has 32 heavy (non-hydrogen) atoms. The normalized spacial score (nSPS) is 14.1. The van der Waals surface area contributed by atoms with Crippen LogP contribution in [0.2, 0.25) is 0 Å². The smallest absolute Gasteiger partial charge is 0.407 e. The Labute approximate surface area is 184 Å². The van der Waals surface area contributed by atoms with Crippen LogP contribution in [-0.4, -0.2) is 30.9 Å². The minimum absolute atomic E-state index is 0.0213. The molecule has 0 saturated heterocycles. The van der Waals surface area contributed by atoms with Crippen molar-refractivity contribution in [3.63, 3.8) is 0 Å². The van der Waals surface area contributed by atoms with Crippen LogP contribution in [0.3, 0.4) is 0 Å². The third-order valence-corrected chi connectivity index (χ3v) is 5.76. The lowest BCUT2D eigenvalue weighted by Crippen LogP contribution is -2.26. The number of benzene rings is 3.